The van der Waals surface area contributed by atoms with Crippen molar-refractivity contribution in [3.05, 3.63) is 4.91 Å². The topological polar surface area (TPSA) is 97.1 Å². The van der Waals surface area contributed by atoms with Crippen LogP contribution in [0.15, 0.2) is 0 Å². The molecule has 0 bridgehead atoms. The Hall–Kier alpha value is -0.220. The fraction of sp³-hybridized carbons (Fsp3) is 1.00. The van der Waals surface area contributed by atoms with Gasteiger partial charge < -0.3 is 11.5 Å². The predicted octanol–water partition coefficient (Wildman–Crippen LogP) is 9.94. The van der Waals surface area contributed by atoms with Gasteiger partial charge in [-0.1, -0.05) is 201 Å². The van der Waals surface area contributed by atoms with E-state index in [1.54, 1.807) is 10.1 Å². The van der Waals surface area contributed by atoms with Crippen LogP contribution in [0.25, 0.3) is 0 Å². The molecule has 0 rings (SSSR count). The summed E-state index contributed by atoms with van der Waals surface area (Å²) in [6.45, 7) is 7.75. The predicted molar refractivity (Wildman–Crippen MR) is 188 cm³/mol. The maximum atomic E-state index is 12.4. The summed E-state index contributed by atoms with van der Waals surface area (Å²) in [4.78, 5) is 23.3. The summed E-state index contributed by atoms with van der Waals surface area (Å²) < 4.78 is 0. The van der Waals surface area contributed by atoms with Crippen LogP contribution in [-0.4, -0.2) is 54.5 Å². The summed E-state index contributed by atoms with van der Waals surface area (Å²) in [5.41, 5.74) is 11.5. The summed E-state index contributed by atoms with van der Waals surface area (Å²) >= 11 is 0. The molecule has 45 heavy (non-hydrogen) atoms. The van der Waals surface area contributed by atoms with Gasteiger partial charge in [-0.3, -0.25) is 0 Å². The second-order valence-corrected chi connectivity index (χ2v) is 13.0. The van der Waals surface area contributed by atoms with Crippen LogP contribution in [0.4, 0.5) is 0 Å². The van der Waals surface area contributed by atoms with Crippen LogP contribution in [0, 0.1) is 4.91 Å². The summed E-state index contributed by atoms with van der Waals surface area (Å²) in [5.74, 6) is 0. The average molecular weight is 737 g/mol. The number of nitrogens with zero attached hydrogens (tertiary/aromatic N) is 3. The Balaban J connectivity index is 0. The van der Waals surface area contributed by atoms with Crippen molar-refractivity contribution in [1.29, 1.82) is 0 Å². The van der Waals surface area contributed by atoms with Gasteiger partial charge in [0.1, 0.15) is 4.91 Å². The molecule has 0 aromatic heterocycles. The number of hydroxylamine groups is 4. The Bertz CT molecular complexity index is 531. The van der Waals surface area contributed by atoms with Crippen molar-refractivity contribution in [2.24, 2.45) is 11.5 Å². The van der Waals surface area contributed by atoms with Crippen molar-refractivity contribution < 1.29 is 37.3 Å². The zero-order valence-electron chi connectivity index (χ0n) is 30.1. The van der Waals surface area contributed by atoms with Gasteiger partial charge in [0.15, 0.2) is 0 Å². The summed E-state index contributed by atoms with van der Waals surface area (Å²) in [5, 5.41) is 3.47. The van der Waals surface area contributed by atoms with Crippen molar-refractivity contribution in [2.45, 2.75) is 194 Å². The van der Waals surface area contributed by atoms with Crippen LogP contribution in [0.1, 0.15) is 194 Å². The summed E-state index contributed by atoms with van der Waals surface area (Å²) in [6.07, 6.45) is 37.0. The van der Waals surface area contributed by atoms with Gasteiger partial charge in [-0.25, -0.2) is 0 Å². The SMILES string of the molecule is CCCCCCCCCCCCCCCCN(CCN)O[N+](=O)ON(CCN)CCCCCCCCCCCCCCCC.[Ag]. The Morgan fingerprint density at radius 1 is 0.400 bits per heavy atom. The number of hydrogen-bond donors (Lipinski definition) is 2. The smallest absolute Gasteiger partial charge is 0.329 e. The molecule has 0 amide bonds. The van der Waals surface area contributed by atoms with E-state index in [4.69, 9.17) is 21.3 Å². The van der Waals surface area contributed by atoms with Gasteiger partial charge >= 0.3 is 5.09 Å². The first-order chi connectivity index (χ1) is 21.7. The minimum Gasteiger partial charge on any atom is -0.329 e. The van der Waals surface area contributed by atoms with E-state index in [1.165, 1.54) is 154 Å². The molecule has 0 saturated carbocycles. The van der Waals surface area contributed by atoms with Crippen molar-refractivity contribution in [2.75, 3.05) is 39.3 Å². The van der Waals surface area contributed by atoms with E-state index in [0.29, 0.717) is 39.3 Å². The molecule has 0 aliphatic rings. The molecule has 0 aliphatic carbocycles. The van der Waals surface area contributed by atoms with Gasteiger partial charge in [0.2, 0.25) is 0 Å². The molecule has 0 saturated heterocycles. The zero-order valence-corrected chi connectivity index (χ0v) is 31.5. The first-order valence-corrected chi connectivity index (χ1v) is 19.4. The molecule has 1 radical (unpaired) electrons. The van der Waals surface area contributed by atoms with E-state index < -0.39 is 0 Å². The number of nitrogens with two attached hydrogens (primary N) is 2. The second kappa shape index (κ2) is 40.0. The molecule has 8 nitrogen and oxygen atoms in total. The van der Waals surface area contributed by atoms with Gasteiger partial charge in [-0.15, -0.1) is 0 Å². The largest absolute Gasteiger partial charge is 0.519 e. The van der Waals surface area contributed by atoms with Crippen molar-refractivity contribution in [3.8, 4) is 0 Å². The van der Waals surface area contributed by atoms with Crippen LogP contribution < -0.4 is 11.5 Å². The quantitative estimate of drug-likeness (QED) is 0.0370. The molecule has 0 aromatic rings. The molecule has 0 heterocycles. The first-order valence-electron chi connectivity index (χ1n) is 19.4. The fourth-order valence-electron chi connectivity index (χ4n) is 5.84. The molecule has 275 valence electrons. The second-order valence-electron chi connectivity index (χ2n) is 13.0. The van der Waals surface area contributed by atoms with Crippen LogP contribution >= 0.6 is 0 Å². The first kappa shape index (κ1) is 46.9. The molecule has 0 atom stereocenters. The van der Waals surface area contributed by atoms with Crippen molar-refractivity contribution >= 4 is 0 Å². The van der Waals surface area contributed by atoms with Crippen LogP contribution in [-0.2, 0) is 32.3 Å². The molecule has 9 heteroatoms. The third-order valence-electron chi connectivity index (χ3n) is 8.64. The molecule has 0 aromatic carbocycles. The van der Waals surface area contributed by atoms with Gasteiger partial charge in [0, 0.05) is 48.6 Å². The fourth-order valence-corrected chi connectivity index (χ4v) is 5.84. The zero-order chi connectivity index (χ0) is 32.2. The Kier molecular flexibility index (Phi) is 41.6. The molecule has 4 N–H and O–H groups in total. The monoisotopic (exact) mass is 736 g/mol. The molecule has 0 unspecified atom stereocenters. The normalized spacial score (nSPS) is 11.3. The minimum atomic E-state index is 0. The van der Waals surface area contributed by atoms with E-state index in [2.05, 4.69) is 13.8 Å². The van der Waals surface area contributed by atoms with E-state index in [-0.39, 0.29) is 27.5 Å². The van der Waals surface area contributed by atoms with E-state index in [9.17, 15) is 4.91 Å². The number of hydrogen-bond acceptors (Lipinski definition) is 7. The van der Waals surface area contributed by atoms with E-state index in [0.717, 1.165) is 25.7 Å². The molecular weight excluding hydrogens is 658 g/mol. The van der Waals surface area contributed by atoms with Crippen molar-refractivity contribution in [1.82, 2.24) is 10.1 Å². The van der Waals surface area contributed by atoms with Crippen LogP contribution in [0.5, 0.6) is 0 Å². The van der Waals surface area contributed by atoms with E-state index >= 15 is 0 Å². The molecule has 0 spiro atoms. The Morgan fingerprint density at radius 2 is 0.622 bits per heavy atom. The van der Waals surface area contributed by atoms with Crippen LogP contribution in [0.2, 0.25) is 0 Å². The average Bonchev–Trinajstić information content (AvgIpc) is 3.01. The third kappa shape index (κ3) is 36.5. The number of rotatable bonds is 38. The number of unbranched alkanes of at least 4 members (excludes halogenated alkanes) is 26. The summed E-state index contributed by atoms with van der Waals surface area (Å²) in [7, 11) is 0. The van der Waals surface area contributed by atoms with Crippen LogP contribution in [0.3, 0.4) is 0 Å². The standard InChI is InChI=1S/C36H78N5O3.Ag/c1-3-5-7-9-11-13-15-17-19-21-23-25-27-29-33-39(35-31-37)43-41(42)44-40(36-32-38)34-30-28-26-24-22-20-18-16-14-12-10-8-6-4-2;/h3-38H2,1-2H3;/q+1;. The Labute approximate surface area is 295 Å². The minimum absolute atomic E-state index is 0. The maximum Gasteiger partial charge on any atom is 0.519 e. The Morgan fingerprint density at radius 3 is 0.844 bits per heavy atom. The molecular formula is C36H78AgN5O3+. The van der Waals surface area contributed by atoms with Gasteiger partial charge in [0.25, 0.3) is 0 Å². The summed E-state index contributed by atoms with van der Waals surface area (Å²) in [6, 6.07) is 0. The maximum absolute atomic E-state index is 12.4. The molecule has 0 aliphatic heterocycles. The van der Waals surface area contributed by atoms with E-state index in [1.807, 2.05) is 0 Å². The van der Waals surface area contributed by atoms with Gasteiger partial charge in [-0.05, 0) is 12.8 Å². The van der Waals surface area contributed by atoms with Gasteiger partial charge in [0.05, 0.1) is 13.1 Å². The van der Waals surface area contributed by atoms with Crippen molar-refractivity contribution in [3.63, 3.8) is 0 Å². The van der Waals surface area contributed by atoms with Gasteiger partial charge in [-0.2, -0.15) is 0 Å². The third-order valence-corrected chi connectivity index (χ3v) is 8.64. The molecule has 0 fully saturated rings.